The van der Waals surface area contributed by atoms with Gasteiger partial charge in [-0.3, -0.25) is 9.59 Å². The second kappa shape index (κ2) is 6.82. The molecule has 1 saturated carbocycles. The number of H-pyrrole nitrogens is 1. The molecule has 1 spiro atoms. The number of benzene rings is 1. The van der Waals surface area contributed by atoms with E-state index in [4.69, 9.17) is 4.98 Å². The molecule has 0 atom stereocenters. The van der Waals surface area contributed by atoms with Crippen molar-refractivity contribution >= 4 is 5.91 Å². The van der Waals surface area contributed by atoms with Crippen LogP contribution in [0.25, 0.3) is 0 Å². The molecule has 3 aliphatic rings. The Bertz CT molecular complexity index is 1030. The highest BCUT2D eigenvalue weighted by atomic mass is 16.2. The Hall–Kier alpha value is -2.43. The van der Waals surface area contributed by atoms with Crippen LogP contribution in [-0.2, 0) is 23.1 Å². The first-order valence-corrected chi connectivity index (χ1v) is 10.9. The fourth-order valence-corrected chi connectivity index (χ4v) is 5.15. The number of rotatable bonds is 3. The van der Waals surface area contributed by atoms with Crippen LogP contribution in [0.4, 0.5) is 0 Å². The molecule has 29 heavy (non-hydrogen) atoms. The first kappa shape index (κ1) is 18.6. The number of carbonyl (C=O) groups excluding carboxylic acids is 1. The number of amides is 1. The Morgan fingerprint density at radius 1 is 1.21 bits per heavy atom. The van der Waals surface area contributed by atoms with Crippen LogP contribution >= 0.6 is 0 Å². The number of piperidine rings is 1. The Kier molecular flexibility index (Phi) is 4.37. The highest BCUT2D eigenvalue weighted by molar-refractivity contribution is 5.79. The van der Waals surface area contributed by atoms with Gasteiger partial charge in [-0.1, -0.05) is 23.8 Å². The van der Waals surface area contributed by atoms with Gasteiger partial charge in [-0.15, -0.1) is 0 Å². The van der Waals surface area contributed by atoms with E-state index < -0.39 is 0 Å². The minimum absolute atomic E-state index is 0.0106. The van der Waals surface area contributed by atoms with Gasteiger partial charge >= 0.3 is 0 Å². The Morgan fingerprint density at radius 2 is 1.97 bits per heavy atom. The zero-order chi connectivity index (χ0) is 20.2. The zero-order valence-electron chi connectivity index (χ0n) is 17.4. The van der Waals surface area contributed by atoms with E-state index in [2.05, 4.69) is 37.0 Å². The van der Waals surface area contributed by atoms with Gasteiger partial charge in [0.25, 0.3) is 5.56 Å². The summed E-state index contributed by atoms with van der Waals surface area (Å²) in [4.78, 5) is 35.5. The molecule has 1 saturated heterocycles. The minimum Gasteiger partial charge on any atom is -0.342 e. The Balaban J connectivity index is 1.32. The molecule has 2 heterocycles. The van der Waals surface area contributed by atoms with Crippen LogP contribution in [0.1, 0.15) is 71.8 Å². The number of hydrogen-bond donors (Lipinski definition) is 1. The van der Waals surface area contributed by atoms with Crippen LogP contribution in [0.2, 0.25) is 0 Å². The van der Waals surface area contributed by atoms with E-state index in [0.29, 0.717) is 12.3 Å². The van der Waals surface area contributed by atoms with Gasteiger partial charge in [0.2, 0.25) is 5.91 Å². The SMILES string of the molecule is Cc1ccc(C)c(CC(=O)N2CCC3(CCc4c3nc(C3CC3)[nH]c4=O)CC2)c1. The van der Waals surface area contributed by atoms with Crippen molar-refractivity contribution in [2.75, 3.05) is 13.1 Å². The van der Waals surface area contributed by atoms with Gasteiger partial charge in [0.05, 0.1) is 12.1 Å². The lowest BCUT2D eigenvalue weighted by Gasteiger charge is -2.39. The summed E-state index contributed by atoms with van der Waals surface area (Å²) in [7, 11) is 0. The summed E-state index contributed by atoms with van der Waals surface area (Å²) >= 11 is 0. The molecule has 1 amide bonds. The van der Waals surface area contributed by atoms with Crippen molar-refractivity contribution in [3.05, 3.63) is 62.3 Å². The van der Waals surface area contributed by atoms with Crippen LogP contribution in [0.15, 0.2) is 23.0 Å². The van der Waals surface area contributed by atoms with Gasteiger partial charge in [-0.25, -0.2) is 4.98 Å². The third-order valence-electron chi connectivity index (χ3n) is 7.27. The molecule has 2 fully saturated rings. The van der Waals surface area contributed by atoms with Crippen LogP contribution in [0.5, 0.6) is 0 Å². The molecule has 0 unspecified atom stereocenters. The van der Waals surface area contributed by atoms with E-state index in [0.717, 1.165) is 74.3 Å². The molecule has 2 aliphatic carbocycles. The smallest absolute Gasteiger partial charge is 0.254 e. The number of nitrogens with zero attached hydrogens (tertiary/aromatic N) is 2. The third kappa shape index (κ3) is 3.30. The maximum atomic E-state index is 12.9. The quantitative estimate of drug-likeness (QED) is 0.873. The van der Waals surface area contributed by atoms with Crippen molar-refractivity contribution in [3.63, 3.8) is 0 Å². The third-order valence-corrected chi connectivity index (χ3v) is 7.27. The van der Waals surface area contributed by atoms with E-state index in [1.807, 2.05) is 4.90 Å². The number of fused-ring (bicyclic) bond motifs is 2. The lowest BCUT2D eigenvalue weighted by atomic mass is 9.76. The highest BCUT2D eigenvalue weighted by Gasteiger charge is 2.45. The highest BCUT2D eigenvalue weighted by Crippen LogP contribution is 2.46. The number of hydrogen-bond acceptors (Lipinski definition) is 3. The molecule has 1 aromatic carbocycles. The van der Waals surface area contributed by atoms with Gasteiger partial charge < -0.3 is 9.88 Å². The fourth-order valence-electron chi connectivity index (χ4n) is 5.15. The van der Waals surface area contributed by atoms with Crippen LogP contribution in [-0.4, -0.2) is 33.9 Å². The van der Waals surface area contributed by atoms with Crippen molar-refractivity contribution in [2.45, 2.75) is 70.1 Å². The summed E-state index contributed by atoms with van der Waals surface area (Å²) in [6, 6.07) is 6.32. The predicted octanol–water partition coefficient (Wildman–Crippen LogP) is 3.31. The van der Waals surface area contributed by atoms with Gasteiger partial charge in [-0.05, 0) is 63.5 Å². The molecule has 5 rings (SSSR count). The normalized spacial score (nSPS) is 20.1. The van der Waals surface area contributed by atoms with Gasteiger partial charge in [-0.2, -0.15) is 0 Å². The monoisotopic (exact) mass is 391 g/mol. The van der Waals surface area contributed by atoms with Gasteiger partial charge in [0, 0.05) is 30.0 Å². The predicted molar refractivity (Wildman–Crippen MR) is 112 cm³/mol. The second-order valence-corrected chi connectivity index (χ2v) is 9.32. The molecule has 152 valence electrons. The first-order chi connectivity index (χ1) is 13.9. The summed E-state index contributed by atoms with van der Waals surface area (Å²) in [5.41, 5.74) is 5.50. The van der Waals surface area contributed by atoms with E-state index in [-0.39, 0.29) is 16.9 Å². The van der Waals surface area contributed by atoms with Crippen molar-refractivity contribution in [3.8, 4) is 0 Å². The average molecular weight is 392 g/mol. The van der Waals surface area contributed by atoms with E-state index >= 15 is 0 Å². The lowest BCUT2D eigenvalue weighted by molar-refractivity contribution is -0.132. The van der Waals surface area contributed by atoms with Crippen molar-refractivity contribution < 1.29 is 4.79 Å². The molecule has 5 nitrogen and oxygen atoms in total. The van der Waals surface area contributed by atoms with E-state index in [1.54, 1.807) is 0 Å². The molecule has 1 N–H and O–H groups in total. The topological polar surface area (TPSA) is 66.1 Å². The minimum atomic E-state index is -0.0106. The number of aromatic nitrogens is 2. The molecule has 1 aromatic heterocycles. The summed E-state index contributed by atoms with van der Waals surface area (Å²) in [5, 5.41) is 0. The van der Waals surface area contributed by atoms with Crippen LogP contribution in [0, 0.1) is 13.8 Å². The van der Waals surface area contributed by atoms with Crippen molar-refractivity contribution in [2.24, 2.45) is 0 Å². The first-order valence-electron chi connectivity index (χ1n) is 10.9. The number of aromatic amines is 1. The Morgan fingerprint density at radius 3 is 2.69 bits per heavy atom. The van der Waals surface area contributed by atoms with E-state index in [1.165, 1.54) is 11.1 Å². The zero-order valence-corrected chi connectivity index (χ0v) is 17.4. The average Bonchev–Trinajstić information content (AvgIpc) is 3.50. The van der Waals surface area contributed by atoms with Gasteiger partial charge in [0.15, 0.2) is 0 Å². The van der Waals surface area contributed by atoms with E-state index in [9.17, 15) is 9.59 Å². The number of aryl methyl sites for hydroxylation is 2. The molecule has 2 aromatic rings. The molecular weight excluding hydrogens is 362 g/mol. The summed E-state index contributed by atoms with van der Waals surface area (Å²) in [6.07, 6.45) is 6.38. The maximum absolute atomic E-state index is 12.9. The number of carbonyl (C=O) groups is 1. The summed E-state index contributed by atoms with van der Waals surface area (Å²) < 4.78 is 0. The fraction of sp³-hybridized carbons (Fsp3) is 0.542. The van der Waals surface area contributed by atoms with Crippen LogP contribution < -0.4 is 5.56 Å². The van der Waals surface area contributed by atoms with Crippen LogP contribution in [0.3, 0.4) is 0 Å². The van der Waals surface area contributed by atoms with Crippen molar-refractivity contribution in [1.82, 2.24) is 14.9 Å². The lowest BCUT2D eigenvalue weighted by Crippen LogP contribution is -2.45. The molecule has 0 radical (unpaired) electrons. The Labute approximate surface area is 171 Å². The number of likely N-dealkylation sites (tertiary alicyclic amines) is 1. The molecular formula is C24H29N3O2. The second-order valence-electron chi connectivity index (χ2n) is 9.32. The largest absolute Gasteiger partial charge is 0.342 e. The molecule has 0 bridgehead atoms. The molecule has 1 aliphatic heterocycles. The summed E-state index contributed by atoms with van der Waals surface area (Å²) in [5.74, 6) is 1.55. The van der Waals surface area contributed by atoms with Crippen molar-refractivity contribution in [1.29, 1.82) is 0 Å². The number of nitrogens with one attached hydrogen (secondary N) is 1. The standard InChI is InChI=1S/C24H29N3O2/c1-15-3-4-16(2)18(13-15)14-20(28)27-11-9-24(10-12-27)8-7-19-21(24)25-22(17-5-6-17)26-23(19)29/h3-4,13,17H,5-12,14H2,1-2H3,(H,25,26,29). The maximum Gasteiger partial charge on any atom is 0.254 e. The summed E-state index contributed by atoms with van der Waals surface area (Å²) in [6.45, 7) is 5.66. The molecule has 5 heteroatoms. The van der Waals surface area contributed by atoms with Gasteiger partial charge in [0.1, 0.15) is 5.82 Å².